The summed E-state index contributed by atoms with van der Waals surface area (Å²) in [6.45, 7) is 0. The molecule has 0 unspecified atom stereocenters. The third-order valence-electron chi connectivity index (χ3n) is 2.61. The maximum atomic E-state index is 12.1. The Bertz CT molecular complexity index is 723. The fourth-order valence-corrected chi connectivity index (χ4v) is 2.03. The molecular weight excluding hydrogens is 297 g/mol. The number of hydrogen-bond donors (Lipinski definition) is 2. The number of rotatable bonds is 2. The number of nitrogen functional groups attached to an aromatic ring is 1. The van der Waals surface area contributed by atoms with E-state index in [9.17, 15) is 4.79 Å². The molecule has 2 aromatic carbocycles. The van der Waals surface area contributed by atoms with Crippen LogP contribution in [0.15, 0.2) is 36.4 Å². The summed E-state index contributed by atoms with van der Waals surface area (Å²) in [6.07, 6.45) is 0. The Balaban J connectivity index is 2.24. The SMILES string of the molecule is N#Cc1ccc(NC(=O)c2ccc(Cl)cc2N)cc1Cl. The van der Waals surface area contributed by atoms with Gasteiger partial charge in [0.05, 0.1) is 16.1 Å². The monoisotopic (exact) mass is 305 g/mol. The number of anilines is 2. The molecule has 1 amide bonds. The number of amides is 1. The van der Waals surface area contributed by atoms with Gasteiger partial charge in [-0.2, -0.15) is 5.26 Å². The number of carbonyl (C=O) groups excluding carboxylic acids is 1. The van der Waals surface area contributed by atoms with Crippen LogP contribution in [0.1, 0.15) is 15.9 Å². The second-order valence-corrected chi connectivity index (χ2v) is 4.84. The fraction of sp³-hybridized carbons (Fsp3) is 0. The molecule has 4 nitrogen and oxygen atoms in total. The lowest BCUT2D eigenvalue weighted by Crippen LogP contribution is -2.14. The average molecular weight is 306 g/mol. The first-order chi connectivity index (χ1) is 9.51. The van der Waals surface area contributed by atoms with Gasteiger partial charge in [0.1, 0.15) is 6.07 Å². The number of nitrogens with zero attached hydrogens (tertiary/aromatic N) is 1. The molecule has 6 heteroatoms. The van der Waals surface area contributed by atoms with E-state index < -0.39 is 0 Å². The molecule has 0 radical (unpaired) electrons. The van der Waals surface area contributed by atoms with E-state index in [-0.39, 0.29) is 16.6 Å². The van der Waals surface area contributed by atoms with Gasteiger partial charge >= 0.3 is 0 Å². The van der Waals surface area contributed by atoms with E-state index in [2.05, 4.69) is 5.32 Å². The normalized spacial score (nSPS) is 9.85. The van der Waals surface area contributed by atoms with Crippen molar-refractivity contribution in [1.82, 2.24) is 0 Å². The van der Waals surface area contributed by atoms with Gasteiger partial charge in [-0.3, -0.25) is 4.79 Å². The molecule has 0 saturated carbocycles. The van der Waals surface area contributed by atoms with E-state index in [1.807, 2.05) is 6.07 Å². The molecule has 20 heavy (non-hydrogen) atoms. The van der Waals surface area contributed by atoms with E-state index in [4.69, 9.17) is 34.2 Å². The third kappa shape index (κ3) is 3.02. The zero-order valence-corrected chi connectivity index (χ0v) is 11.7. The molecule has 0 bridgehead atoms. The van der Waals surface area contributed by atoms with Gasteiger partial charge in [-0.15, -0.1) is 0 Å². The molecular formula is C14H9Cl2N3O. The van der Waals surface area contributed by atoms with E-state index in [0.717, 1.165) is 0 Å². The first-order valence-electron chi connectivity index (χ1n) is 5.57. The number of nitrogens with two attached hydrogens (primary N) is 1. The molecule has 0 spiro atoms. The highest BCUT2D eigenvalue weighted by atomic mass is 35.5. The maximum Gasteiger partial charge on any atom is 0.257 e. The van der Waals surface area contributed by atoms with Crippen LogP contribution < -0.4 is 11.1 Å². The number of hydrogen-bond acceptors (Lipinski definition) is 3. The van der Waals surface area contributed by atoms with Gasteiger partial charge in [-0.05, 0) is 36.4 Å². The minimum atomic E-state index is -0.375. The minimum absolute atomic E-state index is 0.273. The lowest BCUT2D eigenvalue weighted by molar-refractivity contribution is 0.102. The predicted molar refractivity (Wildman–Crippen MR) is 80.0 cm³/mol. The fourth-order valence-electron chi connectivity index (χ4n) is 1.62. The summed E-state index contributed by atoms with van der Waals surface area (Å²) in [5.74, 6) is -0.375. The predicted octanol–water partition coefficient (Wildman–Crippen LogP) is 3.70. The van der Waals surface area contributed by atoms with Crippen LogP contribution in [-0.2, 0) is 0 Å². The van der Waals surface area contributed by atoms with Crippen LogP contribution in [-0.4, -0.2) is 5.91 Å². The highest BCUT2D eigenvalue weighted by Crippen LogP contribution is 2.22. The van der Waals surface area contributed by atoms with Crippen molar-refractivity contribution in [3.05, 3.63) is 57.6 Å². The van der Waals surface area contributed by atoms with Crippen molar-refractivity contribution in [3.63, 3.8) is 0 Å². The standard InChI is InChI=1S/C14H9Cl2N3O/c15-9-2-4-11(13(18)5-9)14(20)19-10-3-1-8(7-17)12(16)6-10/h1-6H,18H2,(H,19,20). The molecule has 0 atom stereocenters. The topological polar surface area (TPSA) is 78.9 Å². The van der Waals surface area contributed by atoms with Crippen LogP contribution in [0, 0.1) is 11.3 Å². The Morgan fingerprint density at radius 3 is 2.55 bits per heavy atom. The van der Waals surface area contributed by atoms with Gasteiger partial charge in [-0.25, -0.2) is 0 Å². The molecule has 2 aromatic rings. The number of nitriles is 1. The molecule has 0 aliphatic carbocycles. The van der Waals surface area contributed by atoms with Crippen molar-refractivity contribution in [1.29, 1.82) is 5.26 Å². The molecule has 0 aliphatic heterocycles. The van der Waals surface area contributed by atoms with E-state index in [1.165, 1.54) is 24.3 Å². The number of benzene rings is 2. The smallest absolute Gasteiger partial charge is 0.257 e. The van der Waals surface area contributed by atoms with Crippen molar-refractivity contribution >= 4 is 40.5 Å². The highest BCUT2D eigenvalue weighted by molar-refractivity contribution is 6.32. The van der Waals surface area contributed by atoms with Crippen LogP contribution in [0.3, 0.4) is 0 Å². The quantitative estimate of drug-likeness (QED) is 0.830. The lowest BCUT2D eigenvalue weighted by atomic mass is 10.1. The number of halogens is 2. The lowest BCUT2D eigenvalue weighted by Gasteiger charge is -2.08. The van der Waals surface area contributed by atoms with E-state index in [1.54, 1.807) is 12.1 Å². The van der Waals surface area contributed by atoms with Gasteiger partial charge in [0.2, 0.25) is 0 Å². The molecule has 100 valence electrons. The van der Waals surface area contributed by atoms with Crippen molar-refractivity contribution in [2.75, 3.05) is 11.1 Å². The van der Waals surface area contributed by atoms with Gasteiger partial charge < -0.3 is 11.1 Å². The maximum absolute atomic E-state index is 12.1. The van der Waals surface area contributed by atoms with Crippen molar-refractivity contribution in [2.24, 2.45) is 0 Å². The van der Waals surface area contributed by atoms with Crippen LogP contribution in [0.4, 0.5) is 11.4 Å². The van der Waals surface area contributed by atoms with E-state index in [0.29, 0.717) is 21.8 Å². The zero-order chi connectivity index (χ0) is 14.7. The van der Waals surface area contributed by atoms with Crippen LogP contribution >= 0.6 is 23.2 Å². The minimum Gasteiger partial charge on any atom is -0.398 e. The molecule has 0 aliphatic rings. The number of nitrogens with one attached hydrogen (secondary N) is 1. The Labute approximate surface area is 125 Å². The van der Waals surface area contributed by atoms with Crippen molar-refractivity contribution in [2.45, 2.75) is 0 Å². The van der Waals surface area contributed by atoms with Gasteiger partial charge in [0.25, 0.3) is 5.91 Å². The second-order valence-electron chi connectivity index (χ2n) is 3.99. The van der Waals surface area contributed by atoms with E-state index >= 15 is 0 Å². The van der Waals surface area contributed by atoms with Crippen molar-refractivity contribution < 1.29 is 4.79 Å². The summed E-state index contributed by atoms with van der Waals surface area (Å²) in [6, 6.07) is 11.2. The van der Waals surface area contributed by atoms with Gasteiger partial charge in [-0.1, -0.05) is 23.2 Å². The first kappa shape index (κ1) is 14.2. The average Bonchev–Trinajstić information content (AvgIpc) is 2.38. The highest BCUT2D eigenvalue weighted by Gasteiger charge is 2.11. The number of carbonyl (C=O) groups is 1. The summed E-state index contributed by atoms with van der Waals surface area (Å²) in [7, 11) is 0. The summed E-state index contributed by atoms with van der Waals surface area (Å²) in [4.78, 5) is 12.1. The van der Waals surface area contributed by atoms with Crippen molar-refractivity contribution in [3.8, 4) is 6.07 Å². The van der Waals surface area contributed by atoms with Gasteiger partial charge in [0, 0.05) is 16.4 Å². The largest absolute Gasteiger partial charge is 0.398 e. The zero-order valence-electron chi connectivity index (χ0n) is 10.2. The summed E-state index contributed by atoms with van der Waals surface area (Å²) in [5.41, 5.74) is 7.16. The summed E-state index contributed by atoms with van der Waals surface area (Å²) >= 11 is 11.7. The Morgan fingerprint density at radius 2 is 1.95 bits per heavy atom. The van der Waals surface area contributed by atoms with Gasteiger partial charge in [0.15, 0.2) is 0 Å². The van der Waals surface area contributed by atoms with Crippen LogP contribution in [0.5, 0.6) is 0 Å². The molecule has 0 fully saturated rings. The Kier molecular flexibility index (Phi) is 4.14. The molecule has 2 rings (SSSR count). The molecule has 3 N–H and O–H groups in total. The second kappa shape index (κ2) is 5.83. The third-order valence-corrected chi connectivity index (χ3v) is 3.15. The molecule has 0 aromatic heterocycles. The summed E-state index contributed by atoms with van der Waals surface area (Å²) in [5, 5.41) is 12.2. The Morgan fingerprint density at radius 1 is 1.20 bits per heavy atom. The first-order valence-corrected chi connectivity index (χ1v) is 6.33. The summed E-state index contributed by atoms with van der Waals surface area (Å²) < 4.78 is 0. The Hall–Kier alpha value is -2.22. The molecule has 0 heterocycles. The van der Waals surface area contributed by atoms with Crippen LogP contribution in [0.25, 0.3) is 0 Å². The molecule has 0 saturated heterocycles. The van der Waals surface area contributed by atoms with Crippen LogP contribution in [0.2, 0.25) is 10.0 Å².